The number of primary amides is 1. The number of aromatic nitrogens is 1. The summed E-state index contributed by atoms with van der Waals surface area (Å²) in [7, 11) is 0. The van der Waals surface area contributed by atoms with Gasteiger partial charge in [-0.15, -0.1) is 0 Å². The molecule has 0 aromatic carbocycles. The predicted octanol–water partition coefficient (Wildman–Crippen LogP) is 1.28. The molecule has 0 atom stereocenters. The lowest BCUT2D eigenvalue weighted by Crippen LogP contribution is -2.05. The Hall–Kier alpha value is -1.03. The van der Waals surface area contributed by atoms with Crippen LogP contribution in [0.4, 0.5) is 0 Å². The molecule has 0 unspecified atom stereocenters. The van der Waals surface area contributed by atoms with Crippen LogP contribution in [0.25, 0.3) is 6.08 Å². The highest BCUT2D eigenvalue weighted by Crippen LogP contribution is 2.11. The fourth-order valence-electron chi connectivity index (χ4n) is 0.652. The number of nitrogens with two attached hydrogens (primary N) is 1. The van der Waals surface area contributed by atoms with Gasteiger partial charge < -0.3 is 10.7 Å². The Balaban J connectivity index is 2.71. The van der Waals surface area contributed by atoms with Crippen LogP contribution in [0.5, 0.6) is 0 Å². The smallest absolute Gasteiger partial charge is 0.241 e. The average Bonchev–Trinajstić information content (AvgIpc) is 2.31. The van der Waals surface area contributed by atoms with Gasteiger partial charge in [0.05, 0.1) is 0 Å². The quantitative estimate of drug-likeness (QED) is 0.717. The fourth-order valence-corrected chi connectivity index (χ4v) is 1.01. The van der Waals surface area contributed by atoms with Crippen molar-refractivity contribution < 1.29 is 4.79 Å². The maximum absolute atomic E-state index is 10.3. The highest BCUT2D eigenvalue weighted by Gasteiger charge is 1.90. The van der Waals surface area contributed by atoms with Crippen molar-refractivity contribution in [2.75, 3.05) is 0 Å². The number of amides is 1. The zero-order valence-electron chi connectivity index (χ0n) is 5.67. The molecule has 0 fully saturated rings. The number of carbonyl (C=O) groups is 1. The van der Waals surface area contributed by atoms with E-state index < -0.39 is 5.91 Å². The van der Waals surface area contributed by atoms with Crippen LogP contribution in [-0.4, -0.2) is 10.9 Å². The monoisotopic (exact) mass is 214 g/mol. The van der Waals surface area contributed by atoms with E-state index in [1.807, 2.05) is 6.07 Å². The standard InChI is InChI=1S/C7H7BrN2O/c8-5-3-6(10-4-5)1-2-7(9)11/h1-4,10H,(H2,9,11). The Morgan fingerprint density at radius 3 is 2.91 bits per heavy atom. The summed E-state index contributed by atoms with van der Waals surface area (Å²) in [5, 5.41) is 0. The molecular weight excluding hydrogens is 208 g/mol. The molecule has 0 bridgehead atoms. The summed E-state index contributed by atoms with van der Waals surface area (Å²) in [5.74, 6) is -0.448. The van der Waals surface area contributed by atoms with Gasteiger partial charge >= 0.3 is 0 Å². The van der Waals surface area contributed by atoms with E-state index in [9.17, 15) is 4.79 Å². The Morgan fingerprint density at radius 2 is 2.45 bits per heavy atom. The van der Waals surface area contributed by atoms with Gasteiger partial charge in [-0.1, -0.05) is 0 Å². The molecule has 0 saturated carbocycles. The lowest BCUT2D eigenvalue weighted by molar-refractivity contribution is -0.113. The van der Waals surface area contributed by atoms with Gasteiger partial charge in [-0.25, -0.2) is 0 Å². The Bertz CT molecular complexity index is 290. The van der Waals surface area contributed by atoms with Gasteiger partial charge in [0.2, 0.25) is 5.91 Å². The molecule has 0 aliphatic heterocycles. The number of hydrogen-bond donors (Lipinski definition) is 2. The largest absolute Gasteiger partial charge is 0.366 e. The molecule has 3 nitrogen and oxygen atoms in total. The predicted molar refractivity (Wildman–Crippen MR) is 46.7 cm³/mol. The summed E-state index contributed by atoms with van der Waals surface area (Å²) in [6, 6.07) is 1.85. The van der Waals surface area contributed by atoms with Gasteiger partial charge in [-0.05, 0) is 28.1 Å². The van der Waals surface area contributed by atoms with Gasteiger partial charge in [-0.3, -0.25) is 4.79 Å². The van der Waals surface area contributed by atoms with E-state index in [-0.39, 0.29) is 0 Å². The molecule has 0 spiro atoms. The number of aromatic amines is 1. The van der Waals surface area contributed by atoms with Gasteiger partial charge in [0, 0.05) is 22.4 Å². The van der Waals surface area contributed by atoms with Crippen molar-refractivity contribution in [2.24, 2.45) is 5.73 Å². The first kappa shape index (κ1) is 8.07. The van der Waals surface area contributed by atoms with Crippen molar-refractivity contribution in [3.05, 3.63) is 28.5 Å². The van der Waals surface area contributed by atoms with Crippen LogP contribution in [0.3, 0.4) is 0 Å². The van der Waals surface area contributed by atoms with E-state index in [0.717, 1.165) is 10.2 Å². The van der Waals surface area contributed by atoms with Crippen LogP contribution in [0.1, 0.15) is 5.69 Å². The number of halogens is 1. The molecule has 11 heavy (non-hydrogen) atoms. The lowest BCUT2D eigenvalue weighted by atomic mass is 10.4. The topological polar surface area (TPSA) is 58.9 Å². The maximum Gasteiger partial charge on any atom is 0.241 e. The van der Waals surface area contributed by atoms with E-state index in [0.29, 0.717) is 0 Å². The normalized spacial score (nSPS) is 10.6. The molecular formula is C7H7BrN2O. The van der Waals surface area contributed by atoms with E-state index >= 15 is 0 Å². The molecule has 1 aromatic rings. The molecule has 0 saturated heterocycles. The number of rotatable bonds is 2. The highest BCUT2D eigenvalue weighted by atomic mass is 79.9. The van der Waals surface area contributed by atoms with E-state index in [2.05, 4.69) is 20.9 Å². The Kier molecular flexibility index (Phi) is 2.48. The second-order valence-corrected chi connectivity index (χ2v) is 2.92. The Morgan fingerprint density at radius 1 is 1.73 bits per heavy atom. The first-order valence-corrected chi connectivity index (χ1v) is 3.79. The first-order chi connectivity index (χ1) is 5.18. The van der Waals surface area contributed by atoms with Gasteiger partial charge in [0.15, 0.2) is 0 Å². The summed E-state index contributed by atoms with van der Waals surface area (Å²) in [4.78, 5) is 13.2. The van der Waals surface area contributed by atoms with Crippen molar-refractivity contribution in [1.82, 2.24) is 4.98 Å². The molecule has 1 aromatic heterocycles. The molecule has 3 N–H and O–H groups in total. The first-order valence-electron chi connectivity index (χ1n) is 3.00. The zero-order valence-corrected chi connectivity index (χ0v) is 7.26. The van der Waals surface area contributed by atoms with Crippen molar-refractivity contribution in [2.45, 2.75) is 0 Å². The summed E-state index contributed by atoms with van der Waals surface area (Å²) in [5.41, 5.74) is 5.74. The number of nitrogens with one attached hydrogen (secondary N) is 1. The number of H-pyrrole nitrogens is 1. The molecule has 58 valence electrons. The summed E-state index contributed by atoms with van der Waals surface area (Å²) < 4.78 is 0.946. The SMILES string of the molecule is NC(=O)C=Cc1cc(Br)c[nH]1. The number of carbonyl (C=O) groups excluding carboxylic acids is 1. The summed E-state index contributed by atoms with van der Waals surface area (Å²) >= 11 is 3.26. The molecule has 0 radical (unpaired) electrons. The molecule has 1 amide bonds. The van der Waals surface area contributed by atoms with Crippen molar-refractivity contribution in [3.63, 3.8) is 0 Å². The van der Waals surface area contributed by atoms with Crippen molar-refractivity contribution in [1.29, 1.82) is 0 Å². The van der Waals surface area contributed by atoms with Crippen LogP contribution < -0.4 is 5.73 Å². The minimum absolute atomic E-state index is 0.448. The zero-order chi connectivity index (χ0) is 8.27. The third-order valence-corrected chi connectivity index (χ3v) is 1.56. The molecule has 0 aliphatic rings. The molecule has 0 aliphatic carbocycles. The number of hydrogen-bond acceptors (Lipinski definition) is 1. The second kappa shape index (κ2) is 3.39. The third kappa shape index (κ3) is 2.59. The van der Waals surface area contributed by atoms with Crippen LogP contribution in [0, 0.1) is 0 Å². The second-order valence-electron chi connectivity index (χ2n) is 2.01. The summed E-state index contributed by atoms with van der Waals surface area (Å²) in [6.45, 7) is 0. The van der Waals surface area contributed by atoms with E-state index in [1.165, 1.54) is 6.08 Å². The lowest BCUT2D eigenvalue weighted by Gasteiger charge is -1.81. The van der Waals surface area contributed by atoms with E-state index in [1.54, 1.807) is 12.3 Å². The van der Waals surface area contributed by atoms with Gasteiger partial charge in [0.25, 0.3) is 0 Å². The third-order valence-electron chi connectivity index (χ3n) is 1.10. The van der Waals surface area contributed by atoms with Gasteiger partial charge in [0.1, 0.15) is 0 Å². The van der Waals surface area contributed by atoms with Crippen molar-refractivity contribution >= 4 is 27.9 Å². The fraction of sp³-hybridized carbons (Fsp3) is 0. The van der Waals surface area contributed by atoms with Crippen molar-refractivity contribution in [3.8, 4) is 0 Å². The molecule has 1 heterocycles. The minimum atomic E-state index is -0.448. The van der Waals surface area contributed by atoms with Crippen LogP contribution in [-0.2, 0) is 4.79 Å². The van der Waals surface area contributed by atoms with Gasteiger partial charge in [-0.2, -0.15) is 0 Å². The molecule has 1 rings (SSSR count). The van der Waals surface area contributed by atoms with Crippen LogP contribution in [0.2, 0.25) is 0 Å². The van der Waals surface area contributed by atoms with Crippen LogP contribution in [0.15, 0.2) is 22.8 Å². The van der Waals surface area contributed by atoms with Crippen LogP contribution >= 0.6 is 15.9 Å². The maximum atomic E-state index is 10.3. The summed E-state index contributed by atoms with van der Waals surface area (Å²) in [6.07, 6.45) is 4.70. The average molecular weight is 215 g/mol. The van der Waals surface area contributed by atoms with E-state index in [4.69, 9.17) is 5.73 Å². The minimum Gasteiger partial charge on any atom is -0.366 e. The molecule has 4 heteroatoms. The Labute approximate surface area is 72.4 Å². The highest BCUT2D eigenvalue weighted by molar-refractivity contribution is 9.10.